The van der Waals surface area contributed by atoms with E-state index < -0.39 is 5.97 Å². The number of hydrogen-bond acceptors (Lipinski definition) is 5. The van der Waals surface area contributed by atoms with Crippen LogP contribution in [-0.2, 0) is 11.3 Å². The monoisotopic (exact) mass is 363 g/mol. The number of rotatable bonds is 7. The summed E-state index contributed by atoms with van der Waals surface area (Å²) >= 11 is 0. The van der Waals surface area contributed by atoms with Crippen LogP contribution >= 0.6 is 0 Å². The second-order valence-electron chi connectivity index (χ2n) is 7.47. The fourth-order valence-electron chi connectivity index (χ4n) is 3.67. The summed E-state index contributed by atoms with van der Waals surface area (Å²) in [6.45, 7) is 6.47. The van der Waals surface area contributed by atoms with Gasteiger partial charge < -0.3 is 5.11 Å². The minimum Gasteiger partial charge on any atom is -0.480 e. The Balaban J connectivity index is 2.02. The maximum Gasteiger partial charge on any atom is 0.317 e. The van der Waals surface area contributed by atoms with E-state index in [2.05, 4.69) is 4.90 Å². The van der Waals surface area contributed by atoms with Crippen molar-refractivity contribution in [2.24, 2.45) is 0 Å². The molecule has 26 heavy (non-hydrogen) atoms. The second kappa shape index (κ2) is 9.09. The first-order valence-corrected chi connectivity index (χ1v) is 9.19. The molecule has 1 saturated heterocycles. The summed E-state index contributed by atoms with van der Waals surface area (Å²) in [6, 6.07) is 5.84. The Bertz CT molecular complexity index is 648. The Labute approximate surface area is 154 Å². The molecule has 1 aromatic rings. The van der Waals surface area contributed by atoms with Crippen LogP contribution in [0.25, 0.3) is 0 Å². The molecular weight excluding hydrogens is 334 g/mol. The predicted octanol–water partition coefficient (Wildman–Crippen LogP) is 3.09. The van der Waals surface area contributed by atoms with Crippen LogP contribution in [-0.4, -0.2) is 58.5 Å². The van der Waals surface area contributed by atoms with Crippen LogP contribution in [0.1, 0.15) is 50.2 Å². The highest BCUT2D eigenvalue weighted by molar-refractivity contribution is 5.69. The fourth-order valence-corrected chi connectivity index (χ4v) is 3.67. The van der Waals surface area contributed by atoms with Gasteiger partial charge in [0.25, 0.3) is 5.69 Å². The molecule has 0 saturated carbocycles. The molecule has 0 amide bonds. The molecule has 2 rings (SSSR count). The van der Waals surface area contributed by atoms with Crippen LogP contribution in [0.2, 0.25) is 0 Å². The zero-order valence-electron chi connectivity index (χ0n) is 15.9. The van der Waals surface area contributed by atoms with Gasteiger partial charge in [0.2, 0.25) is 0 Å². The van der Waals surface area contributed by atoms with Crippen molar-refractivity contribution in [2.75, 3.05) is 26.7 Å². The molecule has 1 fully saturated rings. The van der Waals surface area contributed by atoms with Crippen LogP contribution in [0.15, 0.2) is 18.2 Å². The first kappa shape index (κ1) is 20.3. The van der Waals surface area contributed by atoms with E-state index in [1.807, 2.05) is 37.9 Å². The maximum atomic E-state index is 11.4. The van der Waals surface area contributed by atoms with Crippen LogP contribution < -0.4 is 0 Å². The zero-order chi connectivity index (χ0) is 19.3. The van der Waals surface area contributed by atoms with E-state index in [0.29, 0.717) is 6.54 Å². The van der Waals surface area contributed by atoms with E-state index >= 15 is 0 Å². The summed E-state index contributed by atoms with van der Waals surface area (Å²) in [6.07, 6.45) is 2.89. The Morgan fingerprint density at radius 3 is 2.73 bits per heavy atom. The van der Waals surface area contributed by atoms with Gasteiger partial charge in [-0.25, -0.2) is 0 Å². The first-order valence-electron chi connectivity index (χ1n) is 9.19. The average molecular weight is 363 g/mol. The van der Waals surface area contributed by atoms with E-state index in [1.165, 1.54) is 0 Å². The molecule has 1 aliphatic rings. The quantitative estimate of drug-likeness (QED) is 0.592. The van der Waals surface area contributed by atoms with Crippen molar-refractivity contribution < 1.29 is 14.8 Å². The third-order valence-electron chi connectivity index (χ3n) is 5.12. The molecule has 1 aliphatic heterocycles. The standard InChI is InChI=1S/C19H29N3O4/c1-14(2)17-7-6-15(11-18(17)22(25)26)12-21-9-4-5-16(8-10-21)20(3)13-19(23)24/h6-7,11,14,16H,4-5,8-10,12-13H2,1-3H3,(H,23,24). The number of likely N-dealkylation sites (tertiary alicyclic amines) is 1. The lowest BCUT2D eigenvalue weighted by Gasteiger charge is -2.25. The molecule has 1 aromatic carbocycles. The molecule has 1 N–H and O–H groups in total. The molecular formula is C19H29N3O4. The third kappa shape index (κ3) is 5.51. The van der Waals surface area contributed by atoms with Gasteiger partial charge in [0.15, 0.2) is 0 Å². The SMILES string of the molecule is CC(C)c1ccc(CN2CCCC(N(C)CC(=O)O)CC2)cc1[N+](=O)[O-]. The molecule has 7 nitrogen and oxygen atoms in total. The summed E-state index contributed by atoms with van der Waals surface area (Å²) in [5.41, 5.74) is 1.93. The number of nitro groups is 1. The van der Waals surface area contributed by atoms with Gasteiger partial charge in [-0.1, -0.05) is 26.0 Å². The van der Waals surface area contributed by atoms with Gasteiger partial charge in [0.05, 0.1) is 11.5 Å². The van der Waals surface area contributed by atoms with Crippen molar-refractivity contribution in [3.05, 3.63) is 39.4 Å². The molecule has 0 spiro atoms. The molecule has 144 valence electrons. The normalized spacial score (nSPS) is 18.9. The van der Waals surface area contributed by atoms with Crippen molar-refractivity contribution in [2.45, 2.75) is 51.6 Å². The molecule has 0 bridgehead atoms. The van der Waals surface area contributed by atoms with Gasteiger partial charge in [-0.3, -0.25) is 24.7 Å². The summed E-state index contributed by atoms with van der Waals surface area (Å²) in [7, 11) is 1.86. The number of aliphatic carboxylic acids is 1. The van der Waals surface area contributed by atoms with Crippen LogP contribution in [0.3, 0.4) is 0 Å². The van der Waals surface area contributed by atoms with Crippen LogP contribution in [0.4, 0.5) is 5.69 Å². The van der Waals surface area contributed by atoms with Gasteiger partial charge in [-0.15, -0.1) is 0 Å². The average Bonchev–Trinajstić information content (AvgIpc) is 2.79. The van der Waals surface area contributed by atoms with E-state index in [4.69, 9.17) is 5.11 Å². The lowest BCUT2D eigenvalue weighted by atomic mass is 9.99. The van der Waals surface area contributed by atoms with Crippen molar-refractivity contribution in [1.82, 2.24) is 9.80 Å². The Morgan fingerprint density at radius 2 is 2.12 bits per heavy atom. The van der Waals surface area contributed by atoms with Gasteiger partial charge in [0, 0.05) is 24.2 Å². The number of benzene rings is 1. The molecule has 1 atom stereocenters. The number of nitro benzene ring substituents is 1. The maximum absolute atomic E-state index is 11.4. The second-order valence-corrected chi connectivity index (χ2v) is 7.47. The zero-order valence-corrected chi connectivity index (χ0v) is 15.9. The van der Waals surface area contributed by atoms with Gasteiger partial charge >= 0.3 is 5.97 Å². The highest BCUT2D eigenvalue weighted by Crippen LogP contribution is 2.28. The Hall–Kier alpha value is -1.99. The highest BCUT2D eigenvalue weighted by atomic mass is 16.6. The lowest BCUT2D eigenvalue weighted by Crippen LogP contribution is -2.36. The van der Waals surface area contributed by atoms with Crippen molar-refractivity contribution >= 4 is 11.7 Å². The van der Waals surface area contributed by atoms with E-state index in [1.54, 1.807) is 6.07 Å². The van der Waals surface area contributed by atoms with E-state index in [-0.39, 0.29) is 29.1 Å². The summed E-state index contributed by atoms with van der Waals surface area (Å²) < 4.78 is 0. The largest absolute Gasteiger partial charge is 0.480 e. The first-order chi connectivity index (χ1) is 12.3. The fraction of sp³-hybridized carbons (Fsp3) is 0.632. The summed E-state index contributed by atoms with van der Waals surface area (Å²) in [5.74, 6) is -0.681. The number of likely N-dealkylation sites (N-methyl/N-ethyl adjacent to an activating group) is 1. The minimum atomic E-state index is -0.800. The number of nitrogens with zero attached hydrogens (tertiary/aromatic N) is 3. The van der Waals surface area contributed by atoms with Crippen molar-refractivity contribution in [3.8, 4) is 0 Å². The van der Waals surface area contributed by atoms with Crippen molar-refractivity contribution in [1.29, 1.82) is 0 Å². The number of carbonyl (C=O) groups is 1. The van der Waals surface area contributed by atoms with Crippen LogP contribution in [0.5, 0.6) is 0 Å². The predicted molar refractivity (Wildman–Crippen MR) is 100 cm³/mol. The topological polar surface area (TPSA) is 86.9 Å². The smallest absolute Gasteiger partial charge is 0.317 e. The van der Waals surface area contributed by atoms with Crippen molar-refractivity contribution in [3.63, 3.8) is 0 Å². The minimum absolute atomic E-state index is 0.0630. The van der Waals surface area contributed by atoms with E-state index in [9.17, 15) is 14.9 Å². The van der Waals surface area contributed by atoms with Crippen LogP contribution in [0, 0.1) is 10.1 Å². The summed E-state index contributed by atoms with van der Waals surface area (Å²) in [5, 5.41) is 20.3. The summed E-state index contributed by atoms with van der Waals surface area (Å²) in [4.78, 5) is 26.2. The Morgan fingerprint density at radius 1 is 1.38 bits per heavy atom. The molecule has 0 aliphatic carbocycles. The number of carboxylic acids is 1. The van der Waals surface area contributed by atoms with E-state index in [0.717, 1.165) is 43.5 Å². The third-order valence-corrected chi connectivity index (χ3v) is 5.12. The van der Waals surface area contributed by atoms with Gasteiger partial charge in [-0.05, 0) is 50.9 Å². The number of hydrogen-bond donors (Lipinski definition) is 1. The van der Waals surface area contributed by atoms with Gasteiger partial charge in [0.1, 0.15) is 0 Å². The highest BCUT2D eigenvalue weighted by Gasteiger charge is 2.23. The van der Waals surface area contributed by atoms with Gasteiger partial charge in [-0.2, -0.15) is 0 Å². The lowest BCUT2D eigenvalue weighted by molar-refractivity contribution is -0.385. The molecule has 0 radical (unpaired) electrons. The number of carboxylic acid groups (broad SMARTS) is 1. The molecule has 1 unspecified atom stereocenters. The molecule has 7 heteroatoms. The molecule has 0 aromatic heterocycles. The molecule has 1 heterocycles. The Kier molecular flexibility index (Phi) is 7.11.